The molecule has 0 saturated heterocycles. The highest BCUT2D eigenvalue weighted by Crippen LogP contribution is 2.24. The third kappa shape index (κ3) is 1.19. The molecule has 0 aliphatic rings. The van der Waals surface area contributed by atoms with Crippen LogP contribution in [-0.4, -0.2) is 10.3 Å². The predicted octanol–water partition coefficient (Wildman–Crippen LogP) is 1.50. The lowest BCUT2D eigenvalue weighted by Gasteiger charge is -1.95. The lowest BCUT2D eigenvalue weighted by molar-refractivity contribution is 0.100. The Morgan fingerprint density at radius 3 is 3.08 bits per heavy atom. The van der Waals surface area contributed by atoms with Gasteiger partial charge in [0.15, 0.2) is 0 Å². The minimum atomic E-state index is -0.425. The Balaban J connectivity index is 2.84. The molecular formula is C9H7N2OS. The first-order valence-electron chi connectivity index (χ1n) is 3.76. The molecule has 4 heteroatoms. The van der Waals surface area contributed by atoms with E-state index in [2.05, 4.69) is 10.4 Å². The maximum Gasteiger partial charge on any atom is 0.250 e. The Hall–Kier alpha value is -1.42. The largest absolute Gasteiger partial charge is 0.366 e. The summed E-state index contributed by atoms with van der Waals surface area (Å²) in [4.78, 5) is 11.0. The fraction of sp³-hybridized carbons (Fsp3) is 0.111. The van der Waals surface area contributed by atoms with Gasteiger partial charge in [-0.3, -0.25) is 4.79 Å². The van der Waals surface area contributed by atoms with Crippen LogP contribution in [0.15, 0.2) is 12.1 Å². The number of primary amides is 1. The maximum absolute atomic E-state index is 11.0. The van der Waals surface area contributed by atoms with Gasteiger partial charge in [-0.1, -0.05) is 0 Å². The summed E-state index contributed by atoms with van der Waals surface area (Å²) in [6.45, 7) is 1.90. The van der Waals surface area contributed by atoms with Crippen LogP contribution in [0.1, 0.15) is 16.1 Å². The van der Waals surface area contributed by atoms with Gasteiger partial charge in [-0.05, 0) is 36.7 Å². The molecule has 0 spiro atoms. The van der Waals surface area contributed by atoms with Gasteiger partial charge in [0.05, 0.1) is 16.0 Å². The first kappa shape index (κ1) is 8.19. The van der Waals surface area contributed by atoms with E-state index in [1.54, 1.807) is 6.07 Å². The number of aryl methyl sites for hydroxylation is 1. The van der Waals surface area contributed by atoms with Crippen LogP contribution in [0, 0.1) is 13.0 Å². The molecule has 0 saturated carbocycles. The molecule has 0 aliphatic heterocycles. The molecule has 1 aromatic heterocycles. The molecule has 2 rings (SSSR count). The summed E-state index contributed by atoms with van der Waals surface area (Å²) in [5, 5.41) is 0.960. The lowest BCUT2D eigenvalue weighted by atomic mass is 10.1. The van der Waals surface area contributed by atoms with E-state index >= 15 is 0 Å². The quantitative estimate of drug-likeness (QED) is 0.742. The number of nitrogens with two attached hydrogens (primary N) is 1. The summed E-state index contributed by atoms with van der Waals surface area (Å²) in [6, 6.07) is 6.30. The molecule has 0 fully saturated rings. The lowest BCUT2D eigenvalue weighted by Crippen LogP contribution is -2.10. The van der Waals surface area contributed by atoms with Crippen molar-refractivity contribution in [2.45, 2.75) is 6.92 Å². The molecule has 2 aromatic rings. The minimum absolute atomic E-state index is 0.425. The second-order valence-electron chi connectivity index (χ2n) is 2.74. The van der Waals surface area contributed by atoms with E-state index in [0.29, 0.717) is 5.56 Å². The number of aromatic nitrogens is 1. The van der Waals surface area contributed by atoms with Crippen LogP contribution in [0.3, 0.4) is 0 Å². The van der Waals surface area contributed by atoms with Crippen LogP contribution in [0.5, 0.6) is 0 Å². The van der Waals surface area contributed by atoms with Crippen LogP contribution in [0.25, 0.3) is 10.1 Å². The number of carbonyl (C=O) groups is 1. The second-order valence-corrected chi connectivity index (χ2v) is 3.52. The van der Waals surface area contributed by atoms with Gasteiger partial charge in [0.25, 0.3) is 0 Å². The number of hydrogen-bond donors (Lipinski definition) is 1. The van der Waals surface area contributed by atoms with Crippen LogP contribution < -0.4 is 5.73 Å². The van der Waals surface area contributed by atoms with Crippen molar-refractivity contribution in [3.63, 3.8) is 0 Å². The molecule has 0 aliphatic carbocycles. The van der Waals surface area contributed by atoms with Crippen molar-refractivity contribution >= 4 is 27.5 Å². The van der Waals surface area contributed by atoms with Gasteiger partial charge in [0.2, 0.25) is 5.91 Å². The molecule has 3 nitrogen and oxygen atoms in total. The van der Waals surface area contributed by atoms with Crippen molar-refractivity contribution < 1.29 is 4.79 Å². The molecule has 1 amide bonds. The summed E-state index contributed by atoms with van der Waals surface area (Å²) in [5.41, 5.74) is 6.63. The maximum atomic E-state index is 11.0. The Morgan fingerprint density at radius 2 is 2.38 bits per heavy atom. The zero-order chi connectivity index (χ0) is 9.42. The van der Waals surface area contributed by atoms with Crippen molar-refractivity contribution in [1.29, 1.82) is 0 Å². The topological polar surface area (TPSA) is 56.0 Å². The van der Waals surface area contributed by atoms with E-state index in [-0.39, 0.29) is 0 Å². The van der Waals surface area contributed by atoms with E-state index in [9.17, 15) is 4.79 Å². The monoisotopic (exact) mass is 191 g/mol. The summed E-state index contributed by atoms with van der Waals surface area (Å²) in [6.07, 6.45) is 0. The Morgan fingerprint density at radius 1 is 1.62 bits per heavy atom. The fourth-order valence-electron chi connectivity index (χ4n) is 1.20. The third-order valence-corrected chi connectivity index (χ3v) is 2.86. The summed E-state index contributed by atoms with van der Waals surface area (Å²) < 4.78 is 5.00. The smallest absolute Gasteiger partial charge is 0.250 e. The molecule has 0 atom stereocenters. The first-order chi connectivity index (χ1) is 6.20. The van der Waals surface area contributed by atoms with E-state index in [1.165, 1.54) is 11.5 Å². The summed E-state index contributed by atoms with van der Waals surface area (Å²) >= 11 is 1.30. The average Bonchev–Trinajstić information content (AvgIpc) is 2.48. The molecule has 1 aromatic carbocycles. The molecule has 2 N–H and O–H groups in total. The highest BCUT2D eigenvalue weighted by molar-refractivity contribution is 7.13. The van der Waals surface area contributed by atoms with Crippen LogP contribution in [0.4, 0.5) is 0 Å². The molecule has 1 heterocycles. The molecular weight excluding hydrogens is 184 g/mol. The molecule has 13 heavy (non-hydrogen) atoms. The van der Waals surface area contributed by atoms with Crippen molar-refractivity contribution in [3.8, 4) is 0 Å². The van der Waals surface area contributed by atoms with E-state index in [4.69, 9.17) is 5.73 Å². The van der Waals surface area contributed by atoms with Gasteiger partial charge < -0.3 is 5.73 Å². The number of hydrogen-bond acceptors (Lipinski definition) is 3. The number of benzene rings is 1. The van der Waals surface area contributed by atoms with Gasteiger partial charge in [-0.2, -0.15) is 4.37 Å². The predicted molar refractivity (Wildman–Crippen MR) is 51.7 cm³/mol. The zero-order valence-corrected chi connectivity index (χ0v) is 7.81. The van der Waals surface area contributed by atoms with Gasteiger partial charge in [0, 0.05) is 5.39 Å². The van der Waals surface area contributed by atoms with Crippen LogP contribution in [-0.2, 0) is 0 Å². The van der Waals surface area contributed by atoms with E-state index in [1.807, 2.05) is 13.0 Å². The highest BCUT2D eigenvalue weighted by Gasteiger charge is 2.09. The number of fused-ring (bicyclic) bond motifs is 1. The first-order valence-corrected chi connectivity index (χ1v) is 4.53. The summed E-state index contributed by atoms with van der Waals surface area (Å²) in [5.74, 6) is -0.425. The normalized spacial score (nSPS) is 10.5. The third-order valence-electron chi connectivity index (χ3n) is 1.87. The van der Waals surface area contributed by atoms with Gasteiger partial charge in [-0.25, -0.2) is 0 Å². The summed E-state index contributed by atoms with van der Waals surface area (Å²) in [7, 11) is 0. The molecule has 1 radical (unpaired) electrons. The van der Waals surface area contributed by atoms with Crippen molar-refractivity contribution in [2.75, 3.05) is 0 Å². The number of carbonyl (C=O) groups excluding carboxylic acids is 1. The minimum Gasteiger partial charge on any atom is -0.366 e. The highest BCUT2D eigenvalue weighted by atomic mass is 32.1. The van der Waals surface area contributed by atoms with Crippen molar-refractivity contribution in [1.82, 2.24) is 4.37 Å². The van der Waals surface area contributed by atoms with Gasteiger partial charge in [0.1, 0.15) is 0 Å². The fourth-order valence-corrected chi connectivity index (χ4v) is 2.09. The van der Waals surface area contributed by atoms with Crippen LogP contribution in [0.2, 0.25) is 0 Å². The molecule has 0 unspecified atom stereocenters. The van der Waals surface area contributed by atoms with Gasteiger partial charge in [-0.15, -0.1) is 0 Å². The van der Waals surface area contributed by atoms with Crippen molar-refractivity contribution in [2.24, 2.45) is 5.73 Å². The standard InChI is InChI=1S/C9H7N2OS/c1-5-6-3-2-4-7(9(10)12)8(6)13-11-5/h3-4H,1H3,(H2,10,12). The average molecular weight is 191 g/mol. The Labute approximate surface area is 79.3 Å². The number of nitrogens with zero attached hydrogens (tertiary/aromatic N) is 1. The zero-order valence-electron chi connectivity index (χ0n) is 7.00. The van der Waals surface area contributed by atoms with Crippen LogP contribution >= 0.6 is 11.5 Å². The number of amides is 1. The van der Waals surface area contributed by atoms with E-state index in [0.717, 1.165) is 15.8 Å². The van der Waals surface area contributed by atoms with E-state index < -0.39 is 5.91 Å². The van der Waals surface area contributed by atoms with Gasteiger partial charge >= 0.3 is 0 Å². The van der Waals surface area contributed by atoms with Crippen molar-refractivity contribution in [3.05, 3.63) is 29.5 Å². The Bertz CT molecular complexity index is 475. The molecule has 65 valence electrons. The Kier molecular flexibility index (Phi) is 1.77. The SMILES string of the molecule is Cc1nsc2c(C(N)=O)c[c]cc12. The second kappa shape index (κ2) is 2.81. The number of rotatable bonds is 1. The molecule has 0 bridgehead atoms.